The first kappa shape index (κ1) is 14.1. The summed E-state index contributed by atoms with van der Waals surface area (Å²) in [6, 6.07) is 12.5. The predicted octanol–water partition coefficient (Wildman–Crippen LogP) is 1.24. The number of para-hydroxylation sites is 2. The van der Waals surface area contributed by atoms with Crippen LogP contribution in [-0.4, -0.2) is 36.5 Å². The van der Waals surface area contributed by atoms with Crippen molar-refractivity contribution in [2.24, 2.45) is 0 Å². The van der Waals surface area contributed by atoms with Gasteiger partial charge in [-0.2, -0.15) is 0 Å². The van der Waals surface area contributed by atoms with Gasteiger partial charge in [0.2, 0.25) is 0 Å². The number of aromatic nitrogens is 1. The molecule has 0 atom stereocenters. The molecule has 1 aromatic carbocycles. The Balaban J connectivity index is 1.62. The fourth-order valence-electron chi connectivity index (χ4n) is 2.27. The van der Waals surface area contributed by atoms with Crippen molar-refractivity contribution >= 4 is 17.5 Å². The number of amides is 2. The first-order valence-electron chi connectivity index (χ1n) is 6.97. The van der Waals surface area contributed by atoms with Crippen molar-refractivity contribution in [3.05, 3.63) is 54.4 Å². The zero-order valence-corrected chi connectivity index (χ0v) is 11.9. The van der Waals surface area contributed by atoms with Gasteiger partial charge in [0.05, 0.1) is 5.69 Å². The number of fused-ring (bicyclic) bond motifs is 1. The van der Waals surface area contributed by atoms with Crippen molar-refractivity contribution < 1.29 is 14.3 Å². The third kappa shape index (κ3) is 2.90. The van der Waals surface area contributed by atoms with Crippen LogP contribution < -0.4 is 15.0 Å². The number of nitrogens with one attached hydrogen (secondary N) is 1. The molecule has 0 fully saturated rings. The molecule has 1 aliphatic heterocycles. The summed E-state index contributed by atoms with van der Waals surface area (Å²) in [6.07, 6.45) is 1.57. The van der Waals surface area contributed by atoms with Crippen LogP contribution in [0.2, 0.25) is 0 Å². The third-order valence-electron chi connectivity index (χ3n) is 3.33. The van der Waals surface area contributed by atoms with Crippen LogP contribution in [0.1, 0.15) is 10.5 Å². The molecule has 1 aliphatic rings. The average Bonchev–Trinajstić information content (AvgIpc) is 2.57. The molecule has 0 saturated heterocycles. The summed E-state index contributed by atoms with van der Waals surface area (Å²) in [4.78, 5) is 29.5. The number of hydrogen-bond acceptors (Lipinski definition) is 4. The van der Waals surface area contributed by atoms with Crippen LogP contribution in [0, 0.1) is 0 Å². The number of rotatable bonds is 4. The Hall–Kier alpha value is -2.89. The lowest BCUT2D eigenvalue weighted by molar-refractivity contribution is -0.121. The summed E-state index contributed by atoms with van der Waals surface area (Å²) >= 11 is 0. The van der Waals surface area contributed by atoms with Crippen molar-refractivity contribution in [1.82, 2.24) is 10.3 Å². The average molecular weight is 297 g/mol. The van der Waals surface area contributed by atoms with Gasteiger partial charge >= 0.3 is 0 Å². The molecular weight excluding hydrogens is 282 g/mol. The molecule has 2 aromatic rings. The van der Waals surface area contributed by atoms with E-state index in [2.05, 4.69) is 10.3 Å². The van der Waals surface area contributed by atoms with Crippen LogP contribution in [0.25, 0.3) is 0 Å². The van der Waals surface area contributed by atoms with Crippen LogP contribution in [0.15, 0.2) is 48.7 Å². The van der Waals surface area contributed by atoms with Gasteiger partial charge in [0.25, 0.3) is 11.8 Å². The molecule has 0 radical (unpaired) electrons. The SMILES string of the molecule is O=C(NCCN1C(=O)COc2ccccc21)c1ccccn1. The molecule has 0 aliphatic carbocycles. The number of carbonyl (C=O) groups excluding carboxylic acids is 2. The van der Waals surface area contributed by atoms with Gasteiger partial charge in [-0.3, -0.25) is 14.6 Å². The molecule has 6 nitrogen and oxygen atoms in total. The number of carbonyl (C=O) groups is 2. The van der Waals surface area contributed by atoms with Crippen LogP contribution in [0.4, 0.5) is 5.69 Å². The molecule has 2 amide bonds. The molecule has 112 valence electrons. The topological polar surface area (TPSA) is 71.5 Å². The summed E-state index contributed by atoms with van der Waals surface area (Å²) in [6.45, 7) is 0.748. The van der Waals surface area contributed by atoms with Gasteiger partial charge in [-0.1, -0.05) is 18.2 Å². The summed E-state index contributed by atoms with van der Waals surface area (Å²) in [5.41, 5.74) is 1.09. The summed E-state index contributed by atoms with van der Waals surface area (Å²) in [7, 11) is 0. The lowest BCUT2D eigenvalue weighted by Crippen LogP contribution is -2.43. The van der Waals surface area contributed by atoms with Gasteiger partial charge in [0, 0.05) is 19.3 Å². The zero-order chi connectivity index (χ0) is 15.4. The highest BCUT2D eigenvalue weighted by molar-refractivity contribution is 5.98. The summed E-state index contributed by atoms with van der Waals surface area (Å²) < 4.78 is 5.37. The Kier molecular flexibility index (Phi) is 4.00. The molecule has 2 heterocycles. The van der Waals surface area contributed by atoms with Crippen molar-refractivity contribution in [2.45, 2.75) is 0 Å². The highest BCUT2D eigenvalue weighted by Gasteiger charge is 2.24. The number of anilines is 1. The fraction of sp³-hybridized carbons (Fsp3) is 0.188. The molecule has 0 bridgehead atoms. The Morgan fingerprint density at radius 2 is 2.05 bits per heavy atom. The van der Waals surface area contributed by atoms with E-state index in [0.717, 1.165) is 5.69 Å². The number of pyridine rings is 1. The van der Waals surface area contributed by atoms with E-state index in [9.17, 15) is 9.59 Å². The van der Waals surface area contributed by atoms with Crippen molar-refractivity contribution in [1.29, 1.82) is 0 Å². The smallest absolute Gasteiger partial charge is 0.269 e. The van der Waals surface area contributed by atoms with E-state index >= 15 is 0 Å². The Morgan fingerprint density at radius 1 is 1.23 bits per heavy atom. The van der Waals surface area contributed by atoms with E-state index in [1.807, 2.05) is 24.3 Å². The Bertz CT molecular complexity index is 688. The minimum Gasteiger partial charge on any atom is -0.482 e. The monoisotopic (exact) mass is 297 g/mol. The molecule has 1 aromatic heterocycles. The third-order valence-corrected chi connectivity index (χ3v) is 3.33. The van der Waals surface area contributed by atoms with Gasteiger partial charge in [-0.15, -0.1) is 0 Å². The zero-order valence-electron chi connectivity index (χ0n) is 11.9. The van der Waals surface area contributed by atoms with E-state index in [0.29, 0.717) is 24.5 Å². The van der Waals surface area contributed by atoms with Crippen molar-refractivity contribution in [3.63, 3.8) is 0 Å². The Morgan fingerprint density at radius 3 is 2.86 bits per heavy atom. The van der Waals surface area contributed by atoms with E-state index in [1.54, 1.807) is 29.3 Å². The maximum atomic E-state index is 12.0. The van der Waals surface area contributed by atoms with Crippen molar-refractivity contribution in [2.75, 3.05) is 24.6 Å². The fourth-order valence-corrected chi connectivity index (χ4v) is 2.27. The second-order valence-electron chi connectivity index (χ2n) is 4.77. The van der Waals surface area contributed by atoms with E-state index < -0.39 is 0 Å². The molecule has 0 saturated carbocycles. The molecule has 0 spiro atoms. The quantitative estimate of drug-likeness (QED) is 0.921. The predicted molar refractivity (Wildman–Crippen MR) is 80.9 cm³/mol. The molecule has 22 heavy (non-hydrogen) atoms. The first-order chi connectivity index (χ1) is 10.8. The largest absolute Gasteiger partial charge is 0.482 e. The van der Waals surface area contributed by atoms with Gasteiger partial charge in [0.15, 0.2) is 6.61 Å². The number of benzene rings is 1. The van der Waals surface area contributed by atoms with Gasteiger partial charge in [-0.05, 0) is 24.3 Å². The summed E-state index contributed by atoms with van der Waals surface area (Å²) in [5.74, 6) is 0.304. The van der Waals surface area contributed by atoms with E-state index in [4.69, 9.17) is 4.74 Å². The van der Waals surface area contributed by atoms with Gasteiger partial charge < -0.3 is 15.0 Å². The maximum absolute atomic E-state index is 12.0. The minimum absolute atomic E-state index is 0.0190. The first-order valence-corrected chi connectivity index (χ1v) is 6.97. The maximum Gasteiger partial charge on any atom is 0.269 e. The number of hydrogen-bond donors (Lipinski definition) is 1. The highest BCUT2D eigenvalue weighted by atomic mass is 16.5. The van der Waals surface area contributed by atoms with Crippen LogP contribution in [-0.2, 0) is 4.79 Å². The van der Waals surface area contributed by atoms with Crippen molar-refractivity contribution in [3.8, 4) is 5.75 Å². The minimum atomic E-state index is -0.255. The van der Waals surface area contributed by atoms with Gasteiger partial charge in [-0.25, -0.2) is 0 Å². The van der Waals surface area contributed by atoms with Crippen LogP contribution >= 0.6 is 0 Å². The lowest BCUT2D eigenvalue weighted by Gasteiger charge is -2.29. The van der Waals surface area contributed by atoms with E-state index in [1.165, 1.54) is 0 Å². The highest BCUT2D eigenvalue weighted by Crippen LogP contribution is 2.30. The lowest BCUT2D eigenvalue weighted by atomic mass is 10.2. The molecule has 3 rings (SSSR count). The summed E-state index contributed by atoms with van der Waals surface area (Å²) in [5, 5.41) is 2.76. The molecule has 6 heteroatoms. The second kappa shape index (κ2) is 6.26. The number of ether oxygens (including phenoxy) is 1. The standard InChI is InChI=1S/C16H15N3O3/c20-15-11-22-14-7-2-1-6-13(14)19(15)10-9-18-16(21)12-5-3-4-8-17-12/h1-8H,9-11H2,(H,18,21). The Labute approximate surface area is 127 Å². The normalized spacial score (nSPS) is 13.3. The second-order valence-corrected chi connectivity index (χ2v) is 4.77. The molecule has 0 unspecified atom stereocenters. The molecule has 1 N–H and O–H groups in total. The van der Waals surface area contributed by atoms with Crippen LogP contribution in [0.3, 0.4) is 0 Å². The van der Waals surface area contributed by atoms with E-state index in [-0.39, 0.29) is 18.4 Å². The number of nitrogens with zero attached hydrogens (tertiary/aromatic N) is 2. The molecular formula is C16H15N3O3. The van der Waals surface area contributed by atoms with Crippen LogP contribution in [0.5, 0.6) is 5.75 Å². The van der Waals surface area contributed by atoms with Gasteiger partial charge in [0.1, 0.15) is 11.4 Å².